The number of amides is 2. The molecule has 28 heavy (non-hydrogen) atoms. The van der Waals surface area contributed by atoms with Crippen molar-refractivity contribution in [2.24, 2.45) is 23.2 Å². The molecule has 4 aliphatic carbocycles. The monoisotopic (exact) mass is 397 g/mol. The highest BCUT2D eigenvalue weighted by atomic mass is 32.2. The zero-order valence-electron chi connectivity index (χ0n) is 16.1. The third-order valence-electron chi connectivity index (χ3n) is 6.63. The average molecular weight is 398 g/mol. The first-order chi connectivity index (χ1) is 13.5. The van der Waals surface area contributed by atoms with E-state index in [1.807, 2.05) is 12.1 Å². The predicted molar refractivity (Wildman–Crippen MR) is 109 cm³/mol. The second-order valence-corrected chi connectivity index (χ2v) is 9.98. The van der Waals surface area contributed by atoms with Crippen LogP contribution < -0.4 is 10.9 Å². The number of benzene rings is 1. The maximum atomic E-state index is 12.4. The fraction of sp³-hybridized carbons (Fsp3) is 0.591. The number of hydrogen-bond acceptors (Lipinski definition) is 4. The van der Waals surface area contributed by atoms with Crippen LogP contribution >= 0.6 is 11.8 Å². The number of nitrogens with one attached hydrogen (secondary N) is 2. The highest BCUT2D eigenvalue weighted by molar-refractivity contribution is 7.99. The molecule has 0 aromatic heterocycles. The Balaban J connectivity index is 1.16. The molecule has 0 unspecified atom stereocenters. The highest BCUT2D eigenvalue weighted by Gasteiger charge is 2.51. The van der Waals surface area contributed by atoms with Crippen LogP contribution in [0, 0.1) is 34.5 Å². The maximum Gasteiger partial charge on any atom is 0.248 e. The summed E-state index contributed by atoms with van der Waals surface area (Å²) in [7, 11) is 0. The normalized spacial score (nSPS) is 29.9. The molecule has 2 amide bonds. The second kappa shape index (κ2) is 8.16. The minimum Gasteiger partial charge on any atom is -0.273 e. The maximum absolute atomic E-state index is 12.4. The number of hydrogen-bond donors (Lipinski definition) is 2. The number of thioether (sulfide) groups is 1. The first kappa shape index (κ1) is 19.3. The van der Waals surface area contributed by atoms with E-state index < -0.39 is 0 Å². The minimum absolute atomic E-state index is 0.0487. The summed E-state index contributed by atoms with van der Waals surface area (Å²) in [5.74, 6) is 3.23. The summed E-state index contributed by atoms with van der Waals surface area (Å²) in [5.41, 5.74) is 7.09. The van der Waals surface area contributed by atoms with Crippen LogP contribution in [0.1, 0.15) is 56.1 Å². The fourth-order valence-corrected chi connectivity index (χ4v) is 6.79. The van der Waals surface area contributed by atoms with Gasteiger partial charge in [0.25, 0.3) is 0 Å². The van der Waals surface area contributed by atoms with Crippen molar-refractivity contribution in [3.05, 3.63) is 35.4 Å². The van der Waals surface area contributed by atoms with Crippen LogP contribution in [0.3, 0.4) is 0 Å². The zero-order chi connectivity index (χ0) is 19.6. The lowest BCUT2D eigenvalue weighted by atomic mass is 9.49. The molecule has 5 rings (SSSR count). The molecule has 1 aromatic carbocycles. The fourth-order valence-electron chi connectivity index (χ4n) is 6.00. The first-order valence-electron chi connectivity index (χ1n) is 10.2. The van der Waals surface area contributed by atoms with Crippen molar-refractivity contribution in [1.29, 1.82) is 5.26 Å². The molecule has 0 saturated heterocycles. The van der Waals surface area contributed by atoms with Gasteiger partial charge in [-0.3, -0.25) is 20.4 Å². The van der Waals surface area contributed by atoms with Crippen molar-refractivity contribution in [1.82, 2.24) is 10.9 Å². The van der Waals surface area contributed by atoms with Crippen LogP contribution in [0.25, 0.3) is 0 Å². The van der Waals surface area contributed by atoms with Gasteiger partial charge in [0, 0.05) is 12.2 Å². The molecule has 4 saturated carbocycles. The van der Waals surface area contributed by atoms with E-state index in [1.165, 1.54) is 50.3 Å². The molecular weight excluding hydrogens is 370 g/mol. The molecule has 0 spiro atoms. The Morgan fingerprint density at radius 1 is 1.00 bits per heavy atom. The number of nitrogens with zero attached hydrogens (tertiary/aromatic N) is 1. The standard InChI is InChI=1S/C22H27N3O2S/c23-12-15-1-3-16(4-2-15)13-28-14-21(27)25-24-20(26)11-22-8-17-5-18(9-22)7-19(6-17)10-22/h1-4,17-19H,5-11,13-14H2,(H,24,26)(H,25,27). The van der Waals surface area contributed by atoms with Crippen LogP contribution in [-0.2, 0) is 15.3 Å². The van der Waals surface area contributed by atoms with Gasteiger partial charge in [0.05, 0.1) is 17.4 Å². The van der Waals surface area contributed by atoms with E-state index in [2.05, 4.69) is 16.9 Å². The number of hydrazine groups is 1. The van der Waals surface area contributed by atoms with Crippen molar-refractivity contribution >= 4 is 23.6 Å². The zero-order valence-corrected chi connectivity index (χ0v) is 16.9. The Hall–Kier alpha value is -2.00. The molecule has 0 aliphatic heterocycles. The van der Waals surface area contributed by atoms with Crippen molar-refractivity contribution in [3.8, 4) is 6.07 Å². The van der Waals surface area contributed by atoms with Crippen LogP contribution in [-0.4, -0.2) is 17.6 Å². The van der Waals surface area contributed by atoms with Crippen LogP contribution in [0.2, 0.25) is 0 Å². The predicted octanol–water partition coefficient (Wildman–Crippen LogP) is 3.55. The molecule has 2 N–H and O–H groups in total. The Kier molecular flexibility index (Phi) is 5.63. The number of rotatable bonds is 6. The SMILES string of the molecule is N#Cc1ccc(CSCC(=O)NNC(=O)CC23CC4CC(CC(C4)C2)C3)cc1. The van der Waals surface area contributed by atoms with Gasteiger partial charge in [0.15, 0.2) is 0 Å². The number of carbonyl (C=O) groups excluding carboxylic acids is 2. The Morgan fingerprint density at radius 3 is 2.14 bits per heavy atom. The molecule has 4 aliphatic rings. The minimum atomic E-state index is -0.183. The van der Waals surface area contributed by atoms with Gasteiger partial charge in [0.2, 0.25) is 11.8 Å². The lowest BCUT2D eigenvalue weighted by molar-refractivity contribution is -0.133. The topological polar surface area (TPSA) is 82.0 Å². The summed E-state index contributed by atoms with van der Waals surface area (Å²) >= 11 is 1.49. The second-order valence-electron chi connectivity index (χ2n) is 8.99. The quantitative estimate of drug-likeness (QED) is 0.719. The van der Waals surface area contributed by atoms with Gasteiger partial charge in [-0.2, -0.15) is 5.26 Å². The van der Waals surface area contributed by atoms with Crippen molar-refractivity contribution in [3.63, 3.8) is 0 Å². The van der Waals surface area contributed by atoms with E-state index in [1.54, 1.807) is 12.1 Å². The van der Waals surface area contributed by atoms with Crippen molar-refractivity contribution < 1.29 is 9.59 Å². The molecule has 4 fully saturated rings. The lowest BCUT2D eigenvalue weighted by Gasteiger charge is -2.56. The molecule has 5 nitrogen and oxygen atoms in total. The van der Waals surface area contributed by atoms with Crippen LogP contribution in [0.4, 0.5) is 0 Å². The Labute approximate surface area is 170 Å². The van der Waals surface area contributed by atoms with Gasteiger partial charge in [-0.25, -0.2) is 0 Å². The van der Waals surface area contributed by atoms with E-state index in [-0.39, 0.29) is 23.0 Å². The van der Waals surface area contributed by atoms with Gasteiger partial charge in [0.1, 0.15) is 0 Å². The third-order valence-corrected chi connectivity index (χ3v) is 7.63. The summed E-state index contributed by atoms with van der Waals surface area (Å²) in [5, 5.41) is 8.81. The molecule has 1 aromatic rings. The average Bonchev–Trinajstić information content (AvgIpc) is 2.65. The third kappa shape index (κ3) is 4.52. The highest BCUT2D eigenvalue weighted by Crippen LogP contribution is 2.61. The number of nitriles is 1. The molecule has 4 bridgehead atoms. The summed E-state index contributed by atoms with van der Waals surface area (Å²) in [6.45, 7) is 0. The number of carbonyl (C=O) groups is 2. The van der Waals surface area contributed by atoms with Crippen molar-refractivity contribution in [2.75, 3.05) is 5.75 Å². The summed E-state index contributed by atoms with van der Waals surface area (Å²) in [4.78, 5) is 24.4. The molecular formula is C22H27N3O2S. The van der Waals surface area contributed by atoms with Crippen LogP contribution in [0.5, 0.6) is 0 Å². The van der Waals surface area contributed by atoms with Crippen LogP contribution in [0.15, 0.2) is 24.3 Å². The Morgan fingerprint density at radius 2 is 1.57 bits per heavy atom. The smallest absolute Gasteiger partial charge is 0.248 e. The van der Waals surface area contributed by atoms with Gasteiger partial charge < -0.3 is 0 Å². The molecule has 0 atom stereocenters. The summed E-state index contributed by atoms with van der Waals surface area (Å²) in [6, 6.07) is 9.45. The summed E-state index contributed by atoms with van der Waals surface area (Å²) in [6.07, 6.45) is 8.24. The summed E-state index contributed by atoms with van der Waals surface area (Å²) < 4.78 is 0. The van der Waals surface area contributed by atoms with E-state index in [9.17, 15) is 9.59 Å². The Bertz CT molecular complexity index is 749. The van der Waals surface area contributed by atoms with E-state index in [0.717, 1.165) is 23.3 Å². The van der Waals surface area contributed by atoms with Gasteiger partial charge in [-0.05, 0) is 79.4 Å². The van der Waals surface area contributed by atoms with E-state index >= 15 is 0 Å². The molecule has 148 valence electrons. The first-order valence-corrected chi connectivity index (χ1v) is 11.3. The van der Waals surface area contributed by atoms with Crippen molar-refractivity contribution in [2.45, 2.75) is 50.7 Å². The van der Waals surface area contributed by atoms with Gasteiger partial charge in [-0.15, -0.1) is 11.8 Å². The van der Waals surface area contributed by atoms with Gasteiger partial charge >= 0.3 is 0 Å². The molecule has 6 heteroatoms. The molecule has 0 radical (unpaired) electrons. The van der Waals surface area contributed by atoms with Gasteiger partial charge in [-0.1, -0.05) is 12.1 Å². The van der Waals surface area contributed by atoms with E-state index in [0.29, 0.717) is 17.7 Å². The van der Waals surface area contributed by atoms with E-state index in [4.69, 9.17) is 5.26 Å². The lowest BCUT2D eigenvalue weighted by Crippen LogP contribution is -2.50. The molecule has 0 heterocycles. The largest absolute Gasteiger partial charge is 0.273 e.